The molecule has 0 aromatic carbocycles. The molecule has 1 saturated heterocycles. The van der Waals surface area contributed by atoms with E-state index in [9.17, 15) is 4.79 Å². The van der Waals surface area contributed by atoms with Gasteiger partial charge in [0.25, 0.3) is 0 Å². The quantitative estimate of drug-likeness (QED) is 0.836. The number of carbonyl (C=O) groups is 1. The highest BCUT2D eigenvalue weighted by Gasteiger charge is 2.33. The molecule has 1 aromatic rings. The Bertz CT molecular complexity index is 510. The third-order valence-electron chi connectivity index (χ3n) is 4.54. The van der Waals surface area contributed by atoms with E-state index in [0.29, 0.717) is 17.7 Å². The van der Waals surface area contributed by atoms with E-state index in [0.717, 1.165) is 49.8 Å². The monoisotopic (exact) mass is 351 g/mol. The van der Waals surface area contributed by atoms with Gasteiger partial charge in [0.1, 0.15) is 0 Å². The summed E-state index contributed by atoms with van der Waals surface area (Å²) in [7, 11) is 1.96. The summed E-state index contributed by atoms with van der Waals surface area (Å²) in [6.07, 6.45) is 8.18. The Balaban J connectivity index is 1.51. The predicted molar refractivity (Wildman–Crippen MR) is 87.2 cm³/mol. The van der Waals surface area contributed by atoms with Crippen LogP contribution in [0.1, 0.15) is 25.7 Å². The van der Waals surface area contributed by atoms with Gasteiger partial charge in [-0.1, -0.05) is 0 Å². The van der Waals surface area contributed by atoms with Crippen LogP contribution >= 0.6 is 15.9 Å². The van der Waals surface area contributed by atoms with Crippen molar-refractivity contribution in [3.63, 3.8) is 0 Å². The molecule has 114 valence electrons. The van der Waals surface area contributed by atoms with Crippen LogP contribution in [-0.2, 0) is 4.79 Å². The van der Waals surface area contributed by atoms with Crippen LogP contribution in [0.25, 0.3) is 0 Å². The number of hydrogen-bond donors (Lipinski definition) is 0. The first-order valence-corrected chi connectivity index (χ1v) is 8.54. The molecule has 2 heterocycles. The second-order valence-corrected chi connectivity index (χ2v) is 7.10. The topological polar surface area (TPSA) is 36.4 Å². The van der Waals surface area contributed by atoms with E-state index in [1.807, 2.05) is 24.3 Å². The molecule has 1 amide bonds. The van der Waals surface area contributed by atoms with Gasteiger partial charge in [-0.25, -0.2) is 0 Å². The molecule has 1 aliphatic heterocycles. The lowest BCUT2D eigenvalue weighted by Crippen LogP contribution is -2.40. The van der Waals surface area contributed by atoms with Crippen molar-refractivity contribution in [3.8, 4) is 0 Å². The second kappa shape index (κ2) is 6.34. The van der Waals surface area contributed by atoms with Crippen LogP contribution < -0.4 is 4.90 Å². The van der Waals surface area contributed by atoms with E-state index in [-0.39, 0.29) is 0 Å². The first kappa shape index (κ1) is 14.8. The van der Waals surface area contributed by atoms with E-state index in [1.165, 1.54) is 5.69 Å². The maximum absolute atomic E-state index is 12.0. The Hall–Kier alpha value is -1.10. The fourth-order valence-electron chi connectivity index (χ4n) is 3.10. The Kier molecular flexibility index (Phi) is 4.48. The van der Waals surface area contributed by atoms with Gasteiger partial charge in [0.2, 0.25) is 5.91 Å². The molecular weight excluding hydrogens is 330 g/mol. The molecule has 1 saturated carbocycles. The highest BCUT2D eigenvalue weighted by Crippen LogP contribution is 2.32. The van der Waals surface area contributed by atoms with Gasteiger partial charge < -0.3 is 9.80 Å². The number of carbonyl (C=O) groups excluding carboxylic acids is 1. The lowest BCUT2D eigenvalue weighted by atomic mass is 9.96. The first-order valence-electron chi connectivity index (χ1n) is 7.74. The van der Waals surface area contributed by atoms with Gasteiger partial charge in [-0.2, -0.15) is 0 Å². The van der Waals surface area contributed by atoms with Crippen molar-refractivity contribution >= 4 is 27.5 Å². The number of amides is 1. The summed E-state index contributed by atoms with van der Waals surface area (Å²) >= 11 is 3.57. The van der Waals surface area contributed by atoms with Crippen LogP contribution in [0.4, 0.5) is 5.69 Å². The molecule has 0 unspecified atom stereocenters. The molecule has 0 radical (unpaired) electrons. The smallest absolute Gasteiger partial charge is 0.225 e. The van der Waals surface area contributed by atoms with E-state index in [4.69, 9.17) is 0 Å². The molecule has 1 aliphatic carbocycles. The number of pyridine rings is 1. The molecule has 0 N–H and O–H groups in total. The Labute approximate surface area is 134 Å². The second-order valence-electron chi connectivity index (χ2n) is 6.25. The normalized spacial score (nSPS) is 19.6. The van der Waals surface area contributed by atoms with Gasteiger partial charge in [0, 0.05) is 45.0 Å². The van der Waals surface area contributed by atoms with Crippen molar-refractivity contribution < 1.29 is 4.79 Å². The largest absolute Gasteiger partial charge is 0.371 e. The molecule has 0 spiro atoms. The zero-order valence-electron chi connectivity index (χ0n) is 12.5. The molecule has 0 atom stereocenters. The number of nitrogens with zero attached hydrogens (tertiary/aromatic N) is 3. The Morgan fingerprint density at radius 3 is 2.71 bits per heavy atom. The Morgan fingerprint density at radius 2 is 2.10 bits per heavy atom. The molecular formula is C16H22BrN3O. The Morgan fingerprint density at radius 1 is 1.38 bits per heavy atom. The van der Waals surface area contributed by atoms with E-state index >= 15 is 0 Å². The highest BCUT2D eigenvalue weighted by atomic mass is 79.9. The highest BCUT2D eigenvalue weighted by molar-refractivity contribution is 9.10. The van der Waals surface area contributed by atoms with Gasteiger partial charge >= 0.3 is 0 Å². The summed E-state index contributed by atoms with van der Waals surface area (Å²) in [4.78, 5) is 20.5. The zero-order chi connectivity index (χ0) is 14.8. The van der Waals surface area contributed by atoms with Crippen LogP contribution in [0, 0.1) is 11.8 Å². The van der Waals surface area contributed by atoms with Crippen molar-refractivity contribution in [1.82, 2.24) is 9.88 Å². The SMILES string of the molecule is CN(CC1CCN(c2ccncc2Br)CC1)C(=O)C1CC1. The van der Waals surface area contributed by atoms with Gasteiger partial charge in [-0.15, -0.1) is 0 Å². The standard InChI is InChI=1S/C16H22BrN3O/c1-19(16(21)13-2-3-13)11-12-5-8-20(9-6-12)15-4-7-18-10-14(15)17/h4,7,10,12-13H,2-3,5-6,8-9,11H2,1H3. The number of anilines is 1. The van der Waals surface area contributed by atoms with Gasteiger partial charge in [-0.3, -0.25) is 9.78 Å². The zero-order valence-corrected chi connectivity index (χ0v) is 14.1. The fraction of sp³-hybridized carbons (Fsp3) is 0.625. The van der Waals surface area contributed by atoms with E-state index < -0.39 is 0 Å². The molecule has 3 rings (SSSR count). The molecule has 0 bridgehead atoms. The van der Waals surface area contributed by atoms with Crippen LogP contribution in [0.15, 0.2) is 22.9 Å². The minimum atomic E-state index is 0.336. The number of aromatic nitrogens is 1. The minimum Gasteiger partial charge on any atom is -0.371 e. The van der Waals surface area contributed by atoms with Crippen molar-refractivity contribution in [1.29, 1.82) is 0 Å². The van der Waals surface area contributed by atoms with Crippen LogP contribution in [-0.4, -0.2) is 42.5 Å². The van der Waals surface area contributed by atoms with Gasteiger partial charge in [0.15, 0.2) is 0 Å². The molecule has 2 aliphatic rings. The molecule has 4 nitrogen and oxygen atoms in total. The summed E-state index contributed by atoms with van der Waals surface area (Å²) in [6.45, 7) is 3.03. The average molecular weight is 352 g/mol. The molecule has 5 heteroatoms. The van der Waals surface area contributed by atoms with Crippen molar-refractivity contribution in [2.75, 3.05) is 31.6 Å². The predicted octanol–water partition coefficient (Wildman–Crippen LogP) is 2.93. The van der Waals surface area contributed by atoms with Crippen LogP contribution in [0.2, 0.25) is 0 Å². The van der Waals surface area contributed by atoms with E-state index in [2.05, 4.69) is 31.9 Å². The maximum Gasteiger partial charge on any atom is 0.225 e. The average Bonchev–Trinajstić information content (AvgIpc) is 3.32. The van der Waals surface area contributed by atoms with E-state index in [1.54, 1.807) is 0 Å². The van der Waals surface area contributed by atoms with Crippen LogP contribution in [0.5, 0.6) is 0 Å². The number of piperidine rings is 1. The third-order valence-corrected chi connectivity index (χ3v) is 5.15. The molecule has 2 fully saturated rings. The lowest BCUT2D eigenvalue weighted by molar-refractivity contribution is -0.131. The molecule has 21 heavy (non-hydrogen) atoms. The third kappa shape index (κ3) is 3.57. The van der Waals surface area contributed by atoms with Gasteiger partial charge in [-0.05, 0) is 53.6 Å². The summed E-state index contributed by atoms with van der Waals surface area (Å²) in [5.74, 6) is 1.33. The maximum atomic E-state index is 12.0. The summed E-state index contributed by atoms with van der Waals surface area (Å²) in [5, 5.41) is 0. The van der Waals surface area contributed by atoms with Crippen molar-refractivity contribution in [2.24, 2.45) is 11.8 Å². The van der Waals surface area contributed by atoms with Crippen molar-refractivity contribution in [2.45, 2.75) is 25.7 Å². The first-order chi connectivity index (χ1) is 10.1. The number of rotatable bonds is 4. The fourth-order valence-corrected chi connectivity index (χ4v) is 3.60. The van der Waals surface area contributed by atoms with Crippen LogP contribution in [0.3, 0.4) is 0 Å². The summed E-state index contributed by atoms with van der Waals surface area (Å²) in [5.41, 5.74) is 1.23. The molecule has 1 aromatic heterocycles. The van der Waals surface area contributed by atoms with Crippen molar-refractivity contribution in [3.05, 3.63) is 22.9 Å². The number of halogens is 1. The lowest BCUT2D eigenvalue weighted by Gasteiger charge is -2.35. The van der Waals surface area contributed by atoms with Gasteiger partial charge in [0.05, 0.1) is 10.2 Å². The summed E-state index contributed by atoms with van der Waals surface area (Å²) in [6, 6.07) is 2.06. The minimum absolute atomic E-state index is 0.336. The summed E-state index contributed by atoms with van der Waals surface area (Å²) < 4.78 is 1.06. The number of hydrogen-bond acceptors (Lipinski definition) is 3.